The summed E-state index contributed by atoms with van der Waals surface area (Å²) < 4.78 is 5.77. The van der Waals surface area contributed by atoms with Crippen molar-refractivity contribution >= 4 is 5.97 Å². The van der Waals surface area contributed by atoms with Crippen LogP contribution < -0.4 is 0 Å². The second kappa shape index (κ2) is 4.49. The molecule has 1 aliphatic rings. The quantitative estimate of drug-likeness (QED) is 0.772. The van der Waals surface area contributed by atoms with Gasteiger partial charge in [0.25, 0.3) is 0 Å². The average molecular weight is 215 g/mol. The molecule has 4 nitrogen and oxygen atoms in total. The van der Waals surface area contributed by atoms with Crippen molar-refractivity contribution in [2.45, 2.75) is 51.9 Å². The van der Waals surface area contributed by atoms with Gasteiger partial charge in [-0.2, -0.15) is 0 Å². The lowest BCUT2D eigenvalue weighted by Crippen LogP contribution is -2.54. The van der Waals surface area contributed by atoms with Crippen molar-refractivity contribution in [2.75, 3.05) is 13.1 Å². The second-order valence-corrected chi connectivity index (χ2v) is 5.06. The van der Waals surface area contributed by atoms with Crippen LogP contribution in [0.3, 0.4) is 0 Å². The highest BCUT2D eigenvalue weighted by molar-refractivity contribution is 5.67. The lowest BCUT2D eigenvalue weighted by molar-refractivity contribution is -0.148. The fraction of sp³-hybridized carbons (Fsp3) is 0.909. The van der Waals surface area contributed by atoms with Crippen molar-refractivity contribution in [3.05, 3.63) is 0 Å². The van der Waals surface area contributed by atoms with Gasteiger partial charge >= 0.3 is 5.97 Å². The Kier molecular flexibility index (Phi) is 3.73. The largest absolute Gasteiger partial charge is 0.481 e. The average Bonchev–Trinajstić information content (AvgIpc) is 1.98. The molecule has 2 unspecified atom stereocenters. The van der Waals surface area contributed by atoms with Crippen LogP contribution in [0.25, 0.3) is 0 Å². The third kappa shape index (κ3) is 3.80. The van der Waals surface area contributed by atoms with E-state index in [1.54, 1.807) is 0 Å². The van der Waals surface area contributed by atoms with Crippen LogP contribution in [-0.4, -0.2) is 46.8 Å². The SMILES string of the molecule is CC1CN(C(C)CC(=O)O)CC(C)(C)O1. The molecule has 0 aromatic carbocycles. The van der Waals surface area contributed by atoms with Gasteiger partial charge in [0.15, 0.2) is 0 Å². The minimum absolute atomic E-state index is 0.0770. The molecule has 0 aromatic rings. The molecule has 15 heavy (non-hydrogen) atoms. The van der Waals surface area contributed by atoms with Gasteiger partial charge in [-0.3, -0.25) is 9.69 Å². The molecule has 1 rings (SSSR count). The van der Waals surface area contributed by atoms with Crippen LogP contribution in [0.2, 0.25) is 0 Å². The standard InChI is InChI=1S/C11H21NO3/c1-8(5-10(13)14)12-6-9(2)15-11(3,4)7-12/h8-9H,5-7H2,1-4H3,(H,13,14). The van der Waals surface area contributed by atoms with E-state index in [1.807, 2.05) is 27.7 Å². The molecule has 1 fully saturated rings. The number of hydrogen-bond acceptors (Lipinski definition) is 3. The summed E-state index contributed by atoms with van der Waals surface area (Å²) in [5, 5.41) is 8.75. The first kappa shape index (κ1) is 12.5. The molecular weight excluding hydrogens is 194 g/mol. The number of aliphatic carboxylic acids is 1. The van der Waals surface area contributed by atoms with E-state index in [9.17, 15) is 4.79 Å². The zero-order valence-corrected chi connectivity index (χ0v) is 9.99. The second-order valence-electron chi connectivity index (χ2n) is 5.06. The summed E-state index contributed by atoms with van der Waals surface area (Å²) in [5.41, 5.74) is -0.176. The number of morpholine rings is 1. The highest BCUT2D eigenvalue weighted by Gasteiger charge is 2.33. The molecular formula is C11H21NO3. The number of ether oxygens (including phenoxy) is 1. The van der Waals surface area contributed by atoms with Crippen molar-refractivity contribution in [2.24, 2.45) is 0 Å². The van der Waals surface area contributed by atoms with Gasteiger partial charge in [-0.1, -0.05) is 0 Å². The molecule has 0 aromatic heterocycles. The molecule has 0 saturated carbocycles. The molecule has 1 saturated heterocycles. The van der Waals surface area contributed by atoms with E-state index in [2.05, 4.69) is 4.90 Å². The Bertz CT molecular complexity index is 240. The molecule has 4 heteroatoms. The summed E-state index contributed by atoms with van der Waals surface area (Å²) >= 11 is 0. The Morgan fingerprint density at radius 3 is 2.73 bits per heavy atom. The summed E-state index contributed by atoms with van der Waals surface area (Å²) in [6, 6.07) is 0.0770. The van der Waals surface area contributed by atoms with Crippen LogP contribution in [0, 0.1) is 0 Å². The summed E-state index contributed by atoms with van der Waals surface area (Å²) in [6.45, 7) is 9.69. The van der Waals surface area contributed by atoms with Crippen LogP contribution >= 0.6 is 0 Å². The van der Waals surface area contributed by atoms with Crippen LogP contribution in [-0.2, 0) is 9.53 Å². The van der Waals surface area contributed by atoms with Gasteiger partial charge in [-0.25, -0.2) is 0 Å². The molecule has 88 valence electrons. The molecule has 0 bridgehead atoms. The minimum atomic E-state index is -0.737. The first-order chi connectivity index (χ1) is 6.80. The number of carboxylic acid groups (broad SMARTS) is 1. The van der Waals surface area contributed by atoms with Crippen molar-refractivity contribution < 1.29 is 14.6 Å². The summed E-state index contributed by atoms with van der Waals surface area (Å²) in [5.74, 6) is -0.737. The van der Waals surface area contributed by atoms with E-state index in [0.29, 0.717) is 0 Å². The van der Waals surface area contributed by atoms with Gasteiger partial charge in [0.2, 0.25) is 0 Å². The Hall–Kier alpha value is -0.610. The van der Waals surface area contributed by atoms with Crippen LogP contribution in [0.1, 0.15) is 34.1 Å². The molecule has 0 amide bonds. The van der Waals surface area contributed by atoms with Gasteiger partial charge in [0, 0.05) is 19.1 Å². The Morgan fingerprint density at radius 1 is 1.67 bits per heavy atom. The number of nitrogens with zero attached hydrogens (tertiary/aromatic N) is 1. The lowest BCUT2D eigenvalue weighted by atomic mass is 10.0. The lowest BCUT2D eigenvalue weighted by Gasteiger charge is -2.44. The van der Waals surface area contributed by atoms with Crippen LogP contribution in [0.5, 0.6) is 0 Å². The number of rotatable bonds is 3. The topological polar surface area (TPSA) is 49.8 Å². The predicted molar refractivity (Wildman–Crippen MR) is 57.9 cm³/mol. The minimum Gasteiger partial charge on any atom is -0.481 e. The summed E-state index contributed by atoms with van der Waals surface area (Å²) in [6.07, 6.45) is 0.369. The van der Waals surface area contributed by atoms with Crippen molar-refractivity contribution in [1.29, 1.82) is 0 Å². The molecule has 2 atom stereocenters. The summed E-state index contributed by atoms with van der Waals surface area (Å²) in [7, 11) is 0. The number of carbonyl (C=O) groups is 1. The number of hydrogen-bond donors (Lipinski definition) is 1. The maximum absolute atomic E-state index is 10.6. The third-order valence-corrected chi connectivity index (χ3v) is 2.69. The van der Waals surface area contributed by atoms with E-state index in [4.69, 9.17) is 9.84 Å². The van der Waals surface area contributed by atoms with E-state index < -0.39 is 5.97 Å². The van der Waals surface area contributed by atoms with Crippen LogP contribution in [0.15, 0.2) is 0 Å². The van der Waals surface area contributed by atoms with E-state index >= 15 is 0 Å². The first-order valence-corrected chi connectivity index (χ1v) is 5.44. The molecule has 0 spiro atoms. The Morgan fingerprint density at radius 2 is 2.27 bits per heavy atom. The van der Waals surface area contributed by atoms with Crippen LogP contribution in [0.4, 0.5) is 0 Å². The Labute approximate surface area is 91.2 Å². The van der Waals surface area contributed by atoms with E-state index in [0.717, 1.165) is 13.1 Å². The fourth-order valence-electron chi connectivity index (χ4n) is 2.22. The zero-order valence-electron chi connectivity index (χ0n) is 9.99. The van der Waals surface area contributed by atoms with Crippen molar-refractivity contribution in [3.63, 3.8) is 0 Å². The van der Waals surface area contributed by atoms with Gasteiger partial charge < -0.3 is 9.84 Å². The van der Waals surface area contributed by atoms with E-state index in [1.165, 1.54) is 0 Å². The monoisotopic (exact) mass is 215 g/mol. The van der Waals surface area contributed by atoms with Gasteiger partial charge in [0.05, 0.1) is 18.1 Å². The molecule has 1 N–H and O–H groups in total. The zero-order chi connectivity index (χ0) is 11.6. The number of carboxylic acids is 1. The normalized spacial score (nSPS) is 28.7. The fourth-order valence-corrected chi connectivity index (χ4v) is 2.22. The highest BCUT2D eigenvalue weighted by atomic mass is 16.5. The smallest absolute Gasteiger partial charge is 0.304 e. The summed E-state index contributed by atoms with van der Waals surface area (Å²) in [4.78, 5) is 12.8. The van der Waals surface area contributed by atoms with Gasteiger partial charge in [-0.05, 0) is 27.7 Å². The maximum atomic E-state index is 10.6. The molecule has 1 heterocycles. The van der Waals surface area contributed by atoms with Crippen molar-refractivity contribution in [3.8, 4) is 0 Å². The van der Waals surface area contributed by atoms with E-state index in [-0.39, 0.29) is 24.2 Å². The third-order valence-electron chi connectivity index (χ3n) is 2.69. The Balaban J connectivity index is 2.57. The molecule has 1 aliphatic heterocycles. The molecule has 0 aliphatic carbocycles. The molecule has 0 radical (unpaired) electrons. The van der Waals surface area contributed by atoms with Crippen molar-refractivity contribution in [1.82, 2.24) is 4.90 Å². The first-order valence-electron chi connectivity index (χ1n) is 5.44. The van der Waals surface area contributed by atoms with Gasteiger partial charge in [-0.15, -0.1) is 0 Å². The maximum Gasteiger partial charge on any atom is 0.304 e. The predicted octanol–water partition coefficient (Wildman–Crippen LogP) is 1.35. The van der Waals surface area contributed by atoms with Gasteiger partial charge in [0.1, 0.15) is 0 Å². The highest BCUT2D eigenvalue weighted by Crippen LogP contribution is 2.23.